The van der Waals surface area contributed by atoms with Crippen molar-refractivity contribution in [2.24, 2.45) is 0 Å². The van der Waals surface area contributed by atoms with E-state index in [1.807, 2.05) is 4.90 Å². The molecule has 25 heavy (non-hydrogen) atoms. The smallest absolute Gasteiger partial charge is 0.282 e. The number of hydrogen-bond acceptors (Lipinski definition) is 4. The van der Waals surface area contributed by atoms with E-state index < -0.39 is 10.2 Å². The highest BCUT2D eigenvalue weighted by Gasteiger charge is 2.36. The molecule has 0 radical (unpaired) electrons. The first-order valence-corrected chi connectivity index (χ1v) is 11.1. The molecule has 1 N–H and O–H groups in total. The molecule has 1 amide bonds. The third-order valence-electron chi connectivity index (χ3n) is 5.94. The first-order valence-electron chi connectivity index (χ1n) is 9.75. The zero-order valence-electron chi connectivity index (χ0n) is 15.3. The summed E-state index contributed by atoms with van der Waals surface area (Å²) in [5, 5.41) is 3.29. The monoisotopic (exact) mass is 372 g/mol. The fraction of sp³-hybridized carbons (Fsp3) is 0.941. The number of nitrogens with zero attached hydrogens (tertiary/aromatic N) is 3. The van der Waals surface area contributed by atoms with Crippen molar-refractivity contribution < 1.29 is 13.2 Å². The van der Waals surface area contributed by atoms with Crippen molar-refractivity contribution in [1.82, 2.24) is 18.8 Å². The third kappa shape index (κ3) is 4.35. The van der Waals surface area contributed by atoms with Crippen LogP contribution >= 0.6 is 0 Å². The number of carbonyl (C=O) groups is 1. The van der Waals surface area contributed by atoms with Gasteiger partial charge in [-0.2, -0.15) is 17.0 Å². The molecule has 3 rings (SSSR count). The van der Waals surface area contributed by atoms with E-state index in [9.17, 15) is 13.2 Å². The second-order valence-corrected chi connectivity index (χ2v) is 9.53. The summed E-state index contributed by atoms with van der Waals surface area (Å²) in [6.45, 7) is 2.69. The number of carbonyl (C=O) groups excluding carboxylic acids is 1. The molecule has 1 aliphatic carbocycles. The molecule has 1 atom stereocenters. The van der Waals surface area contributed by atoms with E-state index in [0.29, 0.717) is 26.2 Å². The van der Waals surface area contributed by atoms with Crippen LogP contribution in [0.25, 0.3) is 0 Å². The lowest BCUT2D eigenvalue weighted by molar-refractivity contribution is -0.135. The maximum Gasteiger partial charge on any atom is 0.282 e. The summed E-state index contributed by atoms with van der Waals surface area (Å²) in [4.78, 5) is 14.4. The van der Waals surface area contributed by atoms with Crippen molar-refractivity contribution in [2.45, 2.75) is 63.5 Å². The molecule has 0 spiro atoms. The molecule has 0 bridgehead atoms. The van der Waals surface area contributed by atoms with Gasteiger partial charge in [-0.1, -0.05) is 25.7 Å². The topological polar surface area (TPSA) is 73.0 Å². The van der Waals surface area contributed by atoms with Crippen LogP contribution in [0.1, 0.15) is 51.4 Å². The highest BCUT2D eigenvalue weighted by Crippen LogP contribution is 2.25. The van der Waals surface area contributed by atoms with E-state index in [4.69, 9.17) is 0 Å². The Kier molecular flexibility index (Phi) is 6.35. The van der Waals surface area contributed by atoms with Crippen LogP contribution in [0.4, 0.5) is 0 Å². The Hall–Kier alpha value is -0.700. The summed E-state index contributed by atoms with van der Waals surface area (Å²) in [5.74, 6) is 0.136. The minimum absolute atomic E-state index is 0.0816. The summed E-state index contributed by atoms with van der Waals surface area (Å²) >= 11 is 0. The Labute approximate surface area is 151 Å². The van der Waals surface area contributed by atoms with Crippen LogP contribution in [0.3, 0.4) is 0 Å². The first kappa shape index (κ1) is 19.1. The Morgan fingerprint density at radius 2 is 1.60 bits per heavy atom. The molecule has 3 fully saturated rings. The molecule has 1 saturated carbocycles. The summed E-state index contributed by atoms with van der Waals surface area (Å²) in [5.41, 5.74) is 0. The quantitative estimate of drug-likeness (QED) is 0.792. The van der Waals surface area contributed by atoms with Gasteiger partial charge >= 0.3 is 0 Å². The zero-order chi connectivity index (χ0) is 17.9. The Morgan fingerprint density at radius 1 is 0.960 bits per heavy atom. The number of rotatable bonds is 4. The average molecular weight is 373 g/mol. The lowest BCUT2D eigenvalue weighted by atomic mass is 9.96. The van der Waals surface area contributed by atoms with Gasteiger partial charge < -0.3 is 10.2 Å². The molecule has 0 aromatic heterocycles. The average Bonchev–Trinajstić information content (AvgIpc) is 2.68. The van der Waals surface area contributed by atoms with E-state index in [0.717, 1.165) is 51.5 Å². The van der Waals surface area contributed by atoms with Gasteiger partial charge in [0.2, 0.25) is 5.91 Å². The highest BCUT2D eigenvalue weighted by molar-refractivity contribution is 7.86. The number of nitrogens with one attached hydrogen (secondary N) is 1. The van der Waals surface area contributed by atoms with Crippen molar-refractivity contribution >= 4 is 16.1 Å². The molecule has 2 aliphatic heterocycles. The summed E-state index contributed by atoms with van der Waals surface area (Å²) in [6.07, 6.45) is 8.46. The van der Waals surface area contributed by atoms with E-state index in [1.165, 1.54) is 6.42 Å². The van der Waals surface area contributed by atoms with E-state index in [1.54, 1.807) is 15.7 Å². The van der Waals surface area contributed by atoms with Gasteiger partial charge in [0.1, 0.15) is 0 Å². The van der Waals surface area contributed by atoms with Crippen molar-refractivity contribution in [1.29, 1.82) is 0 Å². The molecular weight excluding hydrogens is 340 g/mol. The van der Waals surface area contributed by atoms with Gasteiger partial charge in [0.25, 0.3) is 10.2 Å². The lowest BCUT2D eigenvalue weighted by Crippen LogP contribution is -2.58. The summed E-state index contributed by atoms with van der Waals surface area (Å²) in [7, 11) is -1.71. The Morgan fingerprint density at radius 3 is 2.20 bits per heavy atom. The number of piperazine rings is 1. The van der Waals surface area contributed by atoms with Crippen LogP contribution in [-0.4, -0.2) is 79.7 Å². The lowest BCUT2D eigenvalue weighted by Gasteiger charge is -2.39. The molecule has 0 aromatic carbocycles. The second kappa shape index (κ2) is 8.33. The van der Waals surface area contributed by atoms with Crippen molar-refractivity contribution in [3.63, 3.8) is 0 Å². The number of hydrogen-bond donors (Lipinski definition) is 1. The molecule has 2 saturated heterocycles. The minimum atomic E-state index is -3.42. The van der Waals surface area contributed by atoms with Crippen LogP contribution in [-0.2, 0) is 15.0 Å². The largest absolute Gasteiger partial charge is 0.339 e. The van der Waals surface area contributed by atoms with Crippen LogP contribution < -0.4 is 5.32 Å². The summed E-state index contributed by atoms with van der Waals surface area (Å²) in [6, 6.07) is 0.0478. The number of piperidine rings is 1. The molecule has 0 aromatic rings. The maximum absolute atomic E-state index is 12.9. The molecule has 144 valence electrons. The van der Waals surface area contributed by atoms with Crippen LogP contribution in [0.15, 0.2) is 0 Å². The molecular formula is C17H32N4O3S. The highest BCUT2D eigenvalue weighted by atomic mass is 32.2. The van der Waals surface area contributed by atoms with Gasteiger partial charge in [0.15, 0.2) is 0 Å². The molecule has 1 unspecified atom stereocenters. The third-order valence-corrected chi connectivity index (χ3v) is 7.98. The SMILES string of the molecule is CN(C1CCCCC1)S(=O)(=O)N1CCN(C(=O)C2CCCCN2)CC1. The standard InChI is InChI=1S/C17H32N4O3S/c1-19(15-7-3-2-4-8-15)25(23,24)21-13-11-20(12-14-21)17(22)16-9-5-6-10-18-16/h15-16,18H,2-14H2,1H3. The summed E-state index contributed by atoms with van der Waals surface area (Å²) < 4.78 is 28.9. The Balaban J connectivity index is 1.54. The minimum Gasteiger partial charge on any atom is -0.339 e. The van der Waals surface area contributed by atoms with Gasteiger partial charge in [-0.15, -0.1) is 0 Å². The molecule has 8 heteroatoms. The van der Waals surface area contributed by atoms with Crippen molar-refractivity contribution in [3.8, 4) is 0 Å². The van der Waals surface area contributed by atoms with E-state index in [-0.39, 0.29) is 18.0 Å². The van der Waals surface area contributed by atoms with Gasteiger partial charge in [-0.25, -0.2) is 0 Å². The second-order valence-electron chi connectivity index (χ2n) is 7.54. The molecule has 3 aliphatic rings. The van der Waals surface area contributed by atoms with Crippen molar-refractivity contribution in [3.05, 3.63) is 0 Å². The molecule has 2 heterocycles. The maximum atomic E-state index is 12.9. The van der Waals surface area contributed by atoms with Gasteiger partial charge in [-0.05, 0) is 32.2 Å². The predicted molar refractivity (Wildman–Crippen MR) is 97.4 cm³/mol. The fourth-order valence-electron chi connectivity index (χ4n) is 4.24. The van der Waals surface area contributed by atoms with Crippen LogP contribution in [0.2, 0.25) is 0 Å². The Bertz CT molecular complexity index is 548. The predicted octanol–water partition coefficient (Wildman–Crippen LogP) is 0.782. The first-order chi connectivity index (χ1) is 12.0. The van der Waals surface area contributed by atoms with Gasteiger partial charge in [-0.3, -0.25) is 4.79 Å². The van der Waals surface area contributed by atoms with E-state index >= 15 is 0 Å². The number of amides is 1. The van der Waals surface area contributed by atoms with Crippen molar-refractivity contribution in [2.75, 3.05) is 39.8 Å². The molecule has 7 nitrogen and oxygen atoms in total. The van der Waals surface area contributed by atoms with Gasteiger partial charge in [0.05, 0.1) is 6.04 Å². The van der Waals surface area contributed by atoms with E-state index in [2.05, 4.69) is 5.32 Å². The van der Waals surface area contributed by atoms with Crippen LogP contribution in [0.5, 0.6) is 0 Å². The fourth-order valence-corrected chi connectivity index (χ4v) is 5.81. The van der Waals surface area contributed by atoms with Crippen LogP contribution in [0, 0.1) is 0 Å². The normalized spacial score (nSPS) is 27.6. The zero-order valence-corrected chi connectivity index (χ0v) is 16.1. The van der Waals surface area contributed by atoms with Gasteiger partial charge in [0, 0.05) is 39.3 Å².